The third kappa shape index (κ3) is 4.50. The van der Waals surface area contributed by atoms with E-state index in [1.54, 1.807) is 23.1 Å². The number of aromatic nitrogens is 1. The molecule has 2 aromatic rings. The number of benzene rings is 1. The Labute approximate surface area is 163 Å². The second kappa shape index (κ2) is 8.57. The average molecular weight is 390 g/mol. The lowest BCUT2D eigenvalue weighted by atomic mass is 9.96. The summed E-state index contributed by atoms with van der Waals surface area (Å²) in [6, 6.07) is 5.09. The number of piperidine rings is 1. The number of halogens is 1. The van der Waals surface area contributed by atoms with Gasteiger partial charge in [0.25, 0.3) is 5.91 Å². The van der Waals surface area contributed by atoms with Gasteiger partial charge in [0.15, 0.2) is 0 Å². The molecule has 0 aliphatic carbocycles. The lowest BCUT2D eigenvalue weighted by Crippen LogP contribution is -2.43. The van der Waals surface area contributed by atoms with Gasteiger partial charge >= 0.3 is 0 Å². The largest absolute Gasteiger partial charge is 0.505 e. The zero-order valence-corrected chi connectivity index (χ0v) is 16.1. The number of rotatable bonds is 5. The Morgan fingerprint density at radius 2 is 2.22 bits per heavy atom. The number of aromatic hydroxyl groups is 1. The molecule has 1 aliphatic heterocycles. The van der Waals surface area contributed by atoms with E-state index in [1.807, 2.05) is 6.92 Å². The quantitative estimate of drug-likeness (QED) is 0.821. The second-order valence-corrected chi connectivity index (χ2v) is 7.43. The van der Waals surface area contributed by atoms with E-state index in [9.17, 15) is 14.7 Å². The first-order chi connectivity index (χ1) is 13.0. The maximum absolute atomic E-state index is 13.1. The van der Waals surface area contributed by atoms with Crippen LogP contribution in [0.2, 0.25) is 5.02 Å². The van der Waals surface area contributed by atoms with Crippen LogP contribution in [0.25, 0.3) is 10.9 Å². The van der Waals surface area contributed by atoms with Crippen molar-refractivity contribution < 1.29 is 14.7 Å². The van der Waals surface area contributed by atoms with Crippen molar-refractivity contribution in [1.29, 1.82) is 0 Å². The van der Waals surface area contributed by atoms with Crippen molar-refractivity contribution in [3.8, 4) is 5.75 Å². The maximum atomic E-state index is 13.1. The Morgan fingerprint density at radius 3 is 3.00 bits per heavy atom. The van der Waals surface area contributed by atoms with Crippen molar-refractivity contribution in [1.82, 2.24) is 15.2 Å². The van der Waals surface area contributed by atoms with E-state index < -0.39 is 0 Å². The van der Waals surface area contributed by atoms with Gasteiger partial charge in [-0.1, -0.05) is 18.5 Å². The third-order valence-electron chi connectivity index (χ3n) is 4.90. The standard InChI is InChI=1S/C20H24ClN3O3/c1-2-4-18(26)23-10-13-5-3-8-24(12-13)20(27)19-15-9-14(21)6-7-16(15)22-11-17(19)25/h6-7,9,11,13,25H,2-5,8,10,12H2,1H3,(H,23,26). The van der Waals surface area contributed by atoms with Gasteiger partial charge in [-0.05, 0) is 43.4 Å². The van der Waals surface area contributed by atoms with Crippen molar-refractivity contribution in [3.05, 3.63) is 35.0 Å². The molecule has 3 rings (SSSR count). The average Bonchev–Trinajstić information content (AvgIpc) is 2.66. The van der Waals surface area contributed by atoms with E-state index in [2.05, 4.69) is 10.3 Å². The number of carbonyl (C=O) groups excluding carboxylic acids is 2. The summed E-state index contributed by atoms with van der Waals surface area (Å²) in [6.07, 6.45) is 4.47. The van der Waals surface area contributed by atoms with Crippen molar-refractivity contribution in [2.24, 2.45) is 5.92 Å². The molecule has 144 valence electrons. The Morgan fingerprint density at radius 1 is 1.41 bits per heavy atom. The van der Waals surface area contributed by atoms with E-state index in [0.29, 0.717) is 42.0 Å². The number of hydrogen-bond acceptors (Lipinski definition) is 4. The van der Waals surface area contributed by atoms with Crippen molar-refractivity contribution in [3.63, 3.8) is 0 Å². The van der Waals surface area contributed by atoms with Crippen LogP contribution in [-0.4, -0.2) is 46.4 Å². The van der Waals surface area contributed by atoms with Gasteiger partial charge in [0.1, 0.15) is 5.75 Å². The third-order valence-corrected chi connectivity index (χ3v) is 5.13. The summed E-state index contributed by atoms with van der Waals surface area (Å²) in [5, 5.41) is 14.3. The van der Waals surface area contributed by atoms with E-state index in [0.717, 1.165) is 19.3 Å². The summed E-state index contributed by atoms with van der Waals surface area (Å²) in [5.74, 6) is -0.115. The number of amides is 2. The topological polar surface area (TPSA) is 82.5 Å². The molecule has 1 aliphatic rings. The number of nitrogens with zero attached hydrogens (tertiary/aromatic N) is 2. The molecule has 27 heavy (non-hydrogen) atoms. The molecule has 2 heterocycles. The van der Waals surface area contributed by atoms with Crippen LogP contribution >= 0.6 is 11.6 Å². The van der Waals surface area contributed by atoms with Crippen molar-refractivity contribution >= 4 is 34.3 Å². The second-order valence-electron chi connectivity index (χ2n) is 6.99. The first kappa shape index (κ1) is 19.4. The van der Waals surface area contributed by atoms with E-state index in [4.69, 9.17) is 11.6 Å². The summed E-state index contributed by atoms with van der Waals surface area (Å²) in [5.41, 5.74) is 0.846. The molecule has 1 aromatic heterocycles. The molecule has 1 saturated heterocycles. The van der Waals surface area contributed by atoms with Gasteiger partial charge in [-0.3, -0.25) is 14.6 Å². The molecular formula is C20H24ClN3O3. The van der Waals surface area contributed by atoms with Gasteiger partial charge in [0.05, 0.1) is 17.3 Å². The summed E-state index contributed by atoms with van der Waals surface area (Å²) < 4.78 is 0. The van der Waals surface area contributed by atoms with Gasteiger partial charge in [-0.15, -0.1) is 0 Å². The first-order valence-corrected chi connectivity index (χ1v) is 9.70. The minimum absolute atomic E-state index is 0.0494. The van der Waals surface area contributed by atoms with E-state index in [-0.39, 0.29) is 29.0 Å². The van der Waals surface area contributed by atoms with Crippen LogP contribution in [0.1, 0.15) is 43.0 Å². The fourth-order valence-corrected chi connectivity index (χ4v) is 3.70. The number of fused-ring (bicyclic) bond motifs is 1. The number of carbonyl (C=O) groups is 2. The van der Waals surface area contributed by atoms with Crippen LogP contribution in [0.3, 0.4) is 0 Å². The SMILES string of the molecule is CCCC(=O)NCC1CCCN(C(=O)c2c(O)cnc3ccc(Cl)cc23)C1. The van der Waals surface area contributed by atoms with Crippen LogP contribution in [0.15, 0.2) is 24.4 Å². The predicted octanol–water partition coefficient (Wildman–Crippen LogP) is 3.36. The number of nitrogens with one attached hydrogen (secondary N) is 1. The fraction of sp³-hybridized carbons (Fsp3) is 0.450. The number of pyridine rings is 1. The molecule has 1 atom stereocenters. The van der Waals surface area contributed by atoms with Gasteiger partial charge < -0.3 is 15.3 Å². The Bertz CT molecular complexity index is 850. The zero-order chi connectivity index (χ0) is 19.4. The number of likely N-dealkylation sites (tertiary alicyclic amines) is 1. The molecule has 2 amide bonds. The molecule has 1 aromatic carbocycles. The van der Waals surface area contributed by atoms with Gasteiger partial charge in [-0.25, -0.2) is 0 Å². The summed E-state index contributed by atoms with van der Waals surface area (Å²) in [4.78, 5) is 30.8. The smallest absolute Gasteiger partial charge is 0.258 e. The molecule has 0 spiro atoms. The van der Waals surface area contributed by atoms with Crippen molar-refractivity contribution in [2.75, 3.05) is 19.6 Å². The van der Waals surface area contributed by atoms with Crippen LogP contribution < -0.4 is 5.32 Å². The highest BCUT2D eigenvalue weighted by atomic mass is 35.5. The molecule has 0 radical (unpaired) electrons. The molecule has 6 nitrogen and oxygen atoms in total. The maximum Gasteiger partial charge on any atom is 0.258 e. The highest BCUT2D eigenvalue weighted by Gasteiger charge is 2.27. The van der Waals surface area contributed by atoms with Crippen LogP contribution in [-0.2, 0) is 4.79 Å². The van der Waals surface area contributed by atoms with E-state index >= 15 is 0 Å². The summed E-state index contributed by atoms with van der Waals surface area (Å²) in [6.45, 7) is 3.72. The minimum Gasteiger partial charge on any atom is -0.505 e. The van der Waals surface area contributed by atoms with Gasteiger partial charge in [0, 0.05) is 36.5 Å². The van der Waals surface area contributed by atoms with Crippen LogP contribution in [0.4, 0.5) is 0 Å². The highest BCUT2D eigenvalue weighted by Crippen LogP contribution is 2.30. The molecule has 1 unspecified atom stereocenters. The lowest BCUT2D eigenvalue weighted by Gasteiger charge is -2.33. The van der Waals surface area contributed by atoms with Crippen LogP contribution in [0, 0.1) is 5.92 Å². The monoisotopic (exact) mass is 389 g/mol. The van der Waals surface area contributed by atoms with Gasteiger partial charge in [0.2, 0.25) is 5.91 Å². The van der Waals surface area contributed by atoms with Crippen molar-refractivity contribution in [2.45, 2.75) is 32.6 Å². The Balaban J connectivity index is 1.77. The van der Waals surface area contributed by atoms with Gasteiger partial charge in [-0.2, -0.15) is 0 Å². The molecule has 0 saturated carbocycles. The minimum atomic E-state index is -0.230. The fourth-order valence-electron chi connectivity index (χ4n) is 3.53. The molecule has 1 fully saturated rings. The number of hydrogen-bond donors (Lipinski definition) is 2. The zero-order valence-electron chi connectivity index (χ0n) is 15.4. The van der Waals surface area contributed by atoms with Crippen LogP contribution in [0.5, 0.6) is 5.75 Å². The molecular weight excluding hydrogens is 366 g/mol. The molecule has 0 bridgehead atoms. The normalized spacial score (nSPS) is 17.1. The summed E-state index contributed by atoms with van der Waals surface area (Å²) >= 11 is 6.08. The predicted molar refractivity (Wildman–Crippen MR) is 105 cm³/mol. The lowest BCUT2D eigenvalue weighted by molar-refractivity contribution is -0.121. The first-order valence-electron chi connectivity index (χ1n) is 9.32. The highest BCUT2D eigenvalue weighted by molar-refractivity contribution is 6.31. The Hall–Kier alpha value is -2.34. The Kier molecular flexibility index (Phi) is 6.16. The molecule has 2 N–H and O–H groups in total. The summed E-state index contributed by atoms with van der Waals surface area (Å²) in [7, 11) is 0. The van der Waals surface area contributed by atoms with E-state index in [1.165, 1.54) is 6.20 Å². The molecule has 7 heteroatoms.